The minimum absolute atomic E-state index is 0.137. The number of hydrogen-bond acceptors (Lipinski definition) is 2. The number of nitrogens with two attached hydrogens (primary N) is 1. The van der Waals surface area contributed by atoms with Crippen LogP contribution in [0.4, 0.5) is 0 Å². The monoisotopic (exact) mass is 142 g/mol. The van der Waals surface area contributed by atoms with E-state index in [1.807, 2.05) is 6.92 Å². The second kappa shape index (κ2) is 2.58. The SMILES string of the molecule is CC(CN)(NC=O)C1CC1. The Morgan fingerprint density at radius 2 is 2.40 bits per heavy atom. The zero-order valence-corrected chi connectivity index (χ0v) is 6.26. The average molecular weight is 142 g/mol. The molecule has 1 aliphatic carbocycles. The van der Waals surface area contributed by atoms with Gasteiger partial charge in [0, 0.05) is 6.54 Å². The van der Waals surface area contributed by atoms with Crippen molar-refractivity contribution in [1.29, 1.82) is 0 Å². The van der Waals surface area contributed by atoms with Crippen molar-refractivity contribution in [3.8, 4) is 0 Å². The van der Waals surface area contributed by atoms with Crippen LogP contribution in [0.3, 0.4) is 0 Å². The molecule has 0 aliphatic heterocycles. The van der Waals surface area contributed by atoms with E-state index in [2.05, 4.69) is 5.32 Å². The summed E-state index contributed by atoms with van der Waals surface area (Å²) >= 11 is 0. The van der Waals surface area contributed by atoms with Gasteiger partial charge in [-0.25, -0.2) is 0 Å². The van der Waals surface area contributed by atoms with Crippen molar-refractivity contribution in [2.75, 3.05) is 6.54 Å². The molecule has 1 rings (SSSR count). The lowest BCUT2D eigenvalue weighted by molar-refractivity contribution is -0.111. The first-order chi connectivity index (χ1) is 4.73. The summed E-state index contributed by atoms with van der Waals surface area (Å²) in [5.41, 5.74) is 5.38. The van der Waals surface area contributed by atoms with Gasteiger partial charge in [-0.2, -0.15) is 0 Å². The van der Waals surface area contributed by atoms with Crippen LogP contribution in [0.1, 0.15) is 19.8 Å². The second-order valence-corrected chi connectivity index (χ2v) is 3.16. The molecule has 1 aliphatic rings. The fraction of sp³-hybridized carbons (Fsp3) is 0.857. The van der Waals surface area contributed by atoms with E-state index in [0.717, 1.165) is 6.41 Å². The molecule has 3 heteroatoms. The summed E-state index contributed by atoms with van der Waals surface area (Å²) in [6.45, 7) is 2.54. The van der Waals surface area contributed by atoms with E-state index in [1.165, 1.54) is 12.8 Å². The summed E-state index contributed by atoms with van der Waals surface area (Å²) < 4.78 is 0. The van der Waals surface area contributed by atoms with Crippen LogP contribution in [0.25, 0.3) is 0 Å². The van der Waals surface area contributed by atoms with Gasteiger partial charge in [0.1, 0.15) is 0 Å². The lowest BCUT2D eigenvalue weighted by Crippen LogP contribution is -2.49. The number of amides is 1. The third-order valence-electron chi connectivity index (χ3n) is 2.29. The van der Waals surface area contributed by atoms with Crippen LogP contribution < -0.4 is 11.1 Å². The Morgan fingerprint density at radius 3 is 2.70 bits per heavy atom. The third kappa shape index (κ3) is 1.29. The lowest BCUT2D eigenvalue weighted by Gasteiger charge is -2.26. The third-order valence-corrected chi connectivity index (χ3v) is 2.29. The summed E-state index contributed by atoms with van der Waals surface area (Å²) in [4.78, 5) is 10.1. The summed E-state index contributed by atoms with van der Waals surface area (Å²) in [5, 5.41) is 2.77. The van der Waals surface area contributed by atoms with Gasteiger partial charge in [0.25, 0.3) is 0 Å². The van der Waals surface area contributed by atoms with Crippen molar-refractivity contribution >= 4 is 6.41 Å². The zero-order valence-electron chi connectivity index (χ0n) is 6.26. The largest absolute Gasteiger partial charge is 0.352 e. The predicted molar refractivity (Wildman–Crippen MR) is 39.4 cm³/mol. The summed E-state index contributed by atoms with van der Waals surface area (Å²) in [6.07, 6.45) is 3.15. The molecule has 1 unspecified atom stereocenters. The second-order valence-electron chi connectivity index (χ2n) is 3.16. The van der Waals surface area contributed by atoms with Crippen LogP contribution in [0, 0.1) is 5.92 Å². The minimum atomic E-state index is -0.137. The van der Waals surface area contributed by atoms with Gasteiger partial charge in [0.05, 0.1) is 5.54 Å². The van der Waals surface area contributed by atoms with Crippen molar-refractivity contribution in [1.82, 2.24) is 5.32 Å². The van der Waals surface area contributed by atoms with E-state index in [1.54, 1.807) is 0 Å². The maximum atomic E-state index is 10.1. The Morgan fingerprint density at radius 1 is 1.80 bits per heavy atom. The first-order valence-electron chi connectivity index (χ1n) is 3.64. The van der Waals surface area contributed by atoms with Gasteiger partial charge in [-0.05, 0) is 25.7 Å². The Labute approximate surface area is 61.0 Å². The number of nitrogens with one attached hydrogen (secondary N) is 1. The molecule has 0 aromatic carbocycles. The van der Waals surface area contributed by atoms with Gasteiger partial charge >= 0.3 is 0 Å². The van der Waals surface area contributed by atoms with E-state index < -0.39 is 0 Å². The van der Waals surface area contributed by atoms with E-state index in [4.69, 9.17) is 5.73 Å². The van der Waals surface area contributed by atoms with E-state index in [9.17, 15) is 4.79 Å². The minimum Gasteiger partial charge on any atom is -0.352 e. The van der Waals surface area contributed by atoms with Gasteiger partial charge in [0.2, 0.25) is 6.41 Å². The maximum absolute atomic E-state index is 10.1. The molecule has 3 N–H and O–H groups in total. The Kier molecular flexibility index (Phi) is 1.94. The average Bonchev–Trinajstić information content (AvgIpc) is 2.69. The zero-order chi connectivity index (χ0) is 7.61. The maximum Gasteiger partial charge on any atom is 0.207 e. The molecule has 0 spiro atoms. The molecule has 1 fully saturated rings. The Bertz CT molecular complexity index is 134. The van der Waals surface area contributed by atoms with Crippen LogP contribution in [0.15, 0.2) is 0 Å². The van der Waals surface area contributed by atoms with Crippen LogP contribution in [-0.2, 0) is 4.79 Å². The van der Waals surface area contributed by atoms with Gasteiger partial charge in [-0.1, -0.05) is 0 Å². The molecule has 0 heterocycles. The number of carbonyl (C=O) groups is 1. The summed E-state index contributed by atoms with van der Waals surface area (Å²) in [6, 6.07) is 0. The molecule has 1 amide bonds. The highest BCUT2D eigenvalue weighted by atomic mass is 16.1. The molecule has 1 saturated carbocycles. The molecule has 58 valence electrons. The van der Waals surface area contributed by atoms with Crippen LogP contribution in [0.5, 0.6) is 0 Å². The topological polar surface area (TPSA) is 55.1 Å². The Balaban J connectivity index is 2.46. The quantitative estimate of drug-likeness (QED) is 0.537. The predicted octanol–water partition coefficient (Wildman–Crippen LogP) is -0.140. The highest BCUT2D eigenvalue weighted by Gasteiger charge is 2.39. The fourth-order valence-corrected chi connectivity index (χ4v) is 1.20. The molecular weight excluding hydrogens is 128 g/mol. The van der Waals surface area contributed by atoms with Crippen LogP contribution >= 0.6 is 0 Å². The first-order valence-corrected chi connectivity index (χ1v) is 3.64. The molecule has 0 radical (unpaired) electrons. The van der Waals surface area contributed by atoms with Gasteiger partial charge in [-0.3, -0.25) is 4.79 Å². The van der Waals surface area contributed by atoms with Gasteiger partial charge < -0.3 is 11.1 Å². The van der Waals surface area contributed by atoms with Crippen LogP contribution in [-0.4, -0.2) is 18.5 Å². The first kappa shape index (κ1) is 7.54. The van der Waals surface area contributed by atoms with Crippen molar-refractivity contribution in [2.45, 2.75) is 25.3 Å². The molecule has 0 aromatic rings. The summed E-state index contributed by atoms with van der Waals surface area (Å²) in [5.74, 6) is 0.614. The molecule has 1 atom stereocenters. The van der Waals surface area contributed by atoms with Gasteiger partial charge in [-0.15, -0.1) is 0 Å². The molecular formula is C7H14N2O. The van der Waals surface area contributed by atoms with Crippen LogP contribution in [0.2, 0.25) is 0 Å². The van der Waals surface area contributed by atoms with E-state index >= 15 is 0 Å². The van der Waals surface area contributed by atoms with E-state index in [-0.39, 0.29) is 5.54 Å². The van der Waals surface area contributed by atoms with Crippen molar-refractivity contribution in [3.63, 3.8) is 0 Å². The van der Waals surface area contributed by atoms with Crippen molar-refractivity contribution in [2.24, 2.45) is 11.7 Å². The lowest BCUT2D eigenvalue weighted by atomic mass is 9.97. The summed E-state index contributed by atoms with van der Waals surface area (Å²) in [7, 11) is 0. The normalized spacial score (nSPS) is 23.4. The van der Waals surface area contributed by atoms with Crippen molar-refractivity contribution in [3.05, 3.63) is 0 Å². The molecule has 0 bridgehead atoms. The Hall–Kier alpha value is -0.570. The van der Waals surface area contributed by atoms with E-state index in [0.29, 0.717) is 12.5 Å². The highest BCUT2D eigenvalue weighted by molar-refractivity contribution is 5.48. The van der Waals surface area contributed by atoms with Crippen molar-refractivity contribution < 1.29 is 4.79 Å². The molecule has 0 aromatic heterocycles. The smallest absolute Gasteiger partial charge is 0.207 e. The molecule has 3 nitrogen and oxygen atoms in total. The number of carbonyl (C=O) groups excluding carboxylic acids is 1. The number of rotatable bonds is 4. The van der Waals surface area contributed by atoms with Gasteiger partial charge in [0.15, 0.2) is 0 Å². The standard InChI is InChI=1S/C7H14N2O/c1-7(4-8,9-5-10)6-2-3-6/h5-6H,2-4,8H2,1H3,(H,9,10). The molecule has 10 heavy (non-hydrogen) atoms. The number of hydrogen-bond donors (Lipinski definition) is 2. The highest BCUT2D eigenvalue weighted by Crippen LogP contribution is 2.38. The molecule has 0 saturated heterocycles. The fourth-order valence-electron chi connectivity index (χ4n) is 1.20.